The lowest BCUT2D eigenvalue weighted by molar-refractivity contribution is 0.506. The third-order valence-electron chi connectivity index (χ3n) is 5.59. The Kier molecular flexibility index (Phi) is 36.3. The van der Waals surface area contributed by atoms with E-state index < -0.39 is 0 Å². The van der Waals surface area contributed by atoms with Crippen LogP contribution in [0.1, 0.15) is 166 Å². The van der Waals surface area contributed by atoms with Crippen LogP contribution in [0, 0.1) is 5.41 Å². The monoisotopic (exact) mass is 451 g/mol. The topological polar surface area (TPSA) is 0 Å². The maximum absolute atomic E-state index is 3.95. The maximum atomic E-state index is 3.95. The third kappa shape index (κ3) is 47.1. The van der Waals surface area contributed by atoms with Crippen LogP contribution < -0.4 is 0 Å². The SMILES string of the molecule is C=C(C)C(C)(C)C.C=C(C)CC.C=C(C)CCCCCCCCCCCCCCC.CC. The molecule has 0 amide bonds. The molecule has 0 aliphatic rings. The van der Waals surface area contributed by atoms with Crippen LogP contribution in [0.3, 0.4) is 0 Å². The van der Waals surface area contributed by atoms with E-state index >= 15 is 0 Å². The van der Waals surface area contributed by atoms with Crippen molar-refractivity contribution < 1.29 is 0 Å². The van der Waals surface area contributed by atoms with Gasteiger partial charge in [-0.25, -0.2) is 0 Å². The summed E-state index contributed by atoms with van der Waals surface area (Å²) in [6.45, 7) is 32.5. The van der Waals surface area contributed by atoms with E-state index in [1.54, 1.807) is 0 Å². The van der Waals surface area contributed by atoms with Gasteiger partial charge in [0.05, 0.1) is 0 Å². The molecule has 0 radical (unpaired) electrons. The van der Waals surface area contributed by atoms with Crippen molar-refractivity contribution in [3.63, 3.8) is 0 Å². The van der Waals surface area contributed by atoms with E-state index in [0.717, 1.165) is 6.42 Å². The van der Waals surface area contributed by atoms with Crippen LogP contribution in [-0.4, -0.2) is 0 Å². The molecule has 0 heteroatoms. The molecule has 0 N–H and O–H groups in total. The minimum atomic E-state index is 0.306. The Balaban J connectivity index is -0.000000229. The molecule has 0 aliphatic heterocycles. The first-order valence-electron chi connectivity index (χ1n) is 13.9. The summed E-state index contributed by atoms with van der Waals surface area (Å²) in [4.78, 5) is 0. The molecule has 0 aromatic heterocycles. The number of rotatable bonds is 15. The molecular formula is C32H66. The number of allylic oxidation sites excluding steroid dienone is 3. The average molecular weight is 451 g/mol. The molecule has 194 valence electrons. The van der Waals surface area contributed by atoms with Gasteiger partial charge >= 0.3 is 0 Å². The Morgan fingerprint density at radius 1 is 0.531 bits per heavy atom. The second-order valence-electron chi connectivity index (χ2n) is 10.3. The zero-order chi connectivity index (χ0) is 25.8. The zero-order valence-electron chi connectivity index (χ0n) is 24.7. The van der Waals surface area contributed by atoms with E-state index in [1.165, 1.54) is 107 Å². The summed E-state index contributed by atoms with van der Waals surface area (Å²) in [5.41, 5.74) is 4.15. The molecular weight excluding hydrogens is 384 g/mol. The zero-order valence-corrected chi connectivity index (χ0v) is 24.7. The summed E-state index contributed by atoms with van der Waals surface area (Å²) in [5, 5.41) is 0. The Hall–Kier alpha value is -0.780. The predicted octanol–water partition coefficient (Wildman–Crippen LogP) is 12.7. The molecule has 0 saturated carbocycles. The van der Waals surface area contributed by atoms with E-state index in [9.17, 15) is 0 Å². The van der Waals surface area contributed by atoms with Gasteiger partial charge in [0.1, 0.15) is 0 Å². The van der Waals surface area contributed by atoms with Gasteiger partial charge in [-0.1, -0.05) is 149 Å². The Morgan fingerprint density at radius 3 is 0.969 bits per heavy atom. The molecule has 0 nitrogen and oxygen atoms in total. The van der Waals surface area contributed by atoms with Gasteiger partial charge in [-0.3, -0.25) is 0 Å². The first-order valence-corrected chi connectivity index (χ1v) is 13.9. The quantitative estimate of drug-likeness (QED) is 0.172. The predicted molar refractivity (Wildman–Crippen MR) is 156 cm³/mol. The van der Waals surface area contributed by atoms with E-state index in [1.807, 2.05) is 20.8 Å². The third-order valence-corrected chi connectivity index (χ3v) is 5.59. The highest BCUT2D eigenvalue weighted by atomic mass is 14.1. The first-order chi connectivity index (χ1) is 15.0. The summed E-state index contributed by atoms with van der Waals surface area (Å²) < 4.78 is 0. The van der Waals surface area contributed by atoms with Crippen LogP contribution in [0.2, 0.25) is 0 Å². The molecule has 0 aromatic carbocycles. The smallest absolute Gasteiger partial charge is 0.0178 e. The second kappa shape index (κ2) is 30.2. The van der Waals surface area contributed by atoms with Crippen molar-refractivity contribution in [3.8, 4) is 0 Å². The minimum Gasteiger partial charge on any atom is -0.100 e. The molecule has 0 atom stereocenters. The molecule has 0 rings (SSSR count). The van der Waals surface area contributed by atoms with Crippen molar-refractivity contribution in [2.45, 2.75) is 166 Å². The fourth-order valence-electron chi connectivity index (χ4n) is 2.44. The van der Waals surface area contributed by atoms with Crippen molar-refractivity contribution in [3.05, 3.63) is 36.5 Å². The number of hydrogen-bond acceptors (Lipinski definition) is 0. The fourth-order valence-corrected chi connectivity index (χ4v) is 2.44. The van der Waals surface area contributed by atoms with Crippen molar-refractivity contribution >= 4 is 0 Å². The summed E-state index contributed by atoms with van der Waals surface area (Å²) in [6.07, 6.45) is 21.1. The van der Waals surface area contributed by atoms with Crippen molar-refractivity contribution in [2.75, 3.05) is 0 Å². The van der Waals surface area contributed by atoms with Gasteiger partial charge in [0.2, 0.25) is 0 Å². The summed E-state index contributed by atoms with van der Waals surface area (Å²) >= 11 is 0. The standard InChI is InChI=1S/C18H36.C7H14.C5H10.C2H6/c1-4-5-6-7-8-9-10-11-12-13-14-15-16-17-18(2)3;1-6(2)7(3,4)5;1-4-5(2)3;1-2/h2,4-17H2,1,3H3;1H2,2-5H3;2,4H2,1,3H3;1-2H3. The molecule has 0 heterocycles. The van der Waals surface area contributed by atoms with E-state index in [4.69, 9.17) is 0 Å². The van der Waals surface area contributed by atoms with E-state index in [0.29, 0.717) is 5.41 Å². The lowest BCUT2D eigenvalue weighted by Gasteiger charge is -2.16. The molecule has 0 saturated heterocycles. The molecule has 0 bridgehead atoms. The van der Waals surface area contributed by atoms with Gasteiger partial charge in [0, 0.05) is 0 Å². The Bertz CT molecular complexity index is 391. The lowest BCUT2D eigenvalue weighted by atomic mass is 9.89. The fraction of sp³-hybridized carbons (Fsp3) is 0.812. The van der Waals surface area contributed by atoms with Crippen LogP contribution in [0.4, 0.5) is 0 Å². The lowest BCUT2D eigenvalue weighted by Crippen LogP contribution is -2.04. The minimum absolute atomic E-state index is 0.306. The molecule has 0 unspecified atom stereocenters. The first kappa shape index (κ1) is 38.5. The van der Waals surface area contributed by atoms with Gasteiger partial charge in [-0.15, -0.1) is 13.2 Å². The van der Waals surface area contributed by atoms with Crippen molar-refractivity contribution in [1.29, 1.82) is 0 Å². The summed E-state index contributed by atoms with van der Waals surface area (Å²) in [7, 11) is 0. The number of hydrogen-bond donors (Lipinski definition) is 0. The van der Waals surface area contributed by atoms with Gasteiger partial charge in [-0.2, -0.15) is 0 Å². The van der Waals surface area contributed by atoms with Crippen LogP contribution in [0.25, 0.3) is 0 Å². The second-order valence-corrected chi connectivity index (χ2v) is 10.3. The highest BCUT2D eigenvalue weighted by molar-refractivity contribution is 4.99. The van der Waals surface area contributed by atoms with E-state index in [2.05, 4.69) is 68.2 Å². The number of unbranched alkanes of at least 4 members (excludes halogenated alkanes) is 12. The van der Waals surface area contributed by atoms with Crippen LogP contribution in [-0.2, 0) is 0 Å². The molecule has 32 heavy (non-hydrogen) atoms. The Morgan fingerprint density at radius 2 is 0.781 bits per heavy atom. The highest BCUT2D eigenvalue weighted by Crippen LogP contribution is 2.21. The Labute approximate surface area is 207 Å². The normalized spacial score (nSPS) is 9.94. The molecule has 0 spiro atoms. The largest absolute Gasteiger partial charge is 0.100 e. The highest BCUT2D eigenvalue weighted by Gasteiger charge is 2.08. The van der Waals surface area contributed by atoms with Crippen molar-refractivity contribution in [2.24, 2.45) is 5.41 Å². The molecule has 0 aliphatic carbocycles. The van der Waals surface area contributed by atoms with Gasteiger partial charge in [-0.05, 0) is 45.4 Å². The van der Waals surface area contributed by atoms with Gasteiger partial charge < -0.3 is 0 Å². The average Bonchev–Trinajstić information content (AvgIpc) is 2.73. The van der Waals surface area contributed by atoms with Crippen LogP contribution in [0.15, 0.2) is 36.5 Å². The van der Waals surface area contributed by atoms with Crippen LogP contribution in [0.5, 0.6) is 0 Å². The molecule has 0 aromatic rings. The van der Waals surface area contributed by atoms with Gasteiger partial charge in [0.15, 0.2) is 0 Å². The van der Waals surface area contributed by atoms with E-state index in [-0.39, 0.29) is 0 Å². The van der Waals surface area contributed by atoms with Crippen LogP contribution >= 0.6 is 0 Å². The maximum Gasteiger partial charge on any atom is -0.0178 e. The summed E-state index contributed by atoms with van der Waals surface area (Å²) in [5.74, 6) is 0. The molecule has 0 fully saturated rings. The van der Waals surface area contributed by atoms with Gasteiger partial charge in [0.25, 0.3) is 0 Å². The van der Waals surface area contributed by atoms with Crippen molar-refractivity contribution in [1.82, 2.24) is 0 Å². The summed E-state index contributed by atoms with van der Waals surface area (Å²) in [6, 6.07) is 0.